The van der Waals surface area contributed by atoms with Crippen molar-refractivity contribution in [3.63, 3.8) is 0 Å². The zero-order valence-electron chi connectivity index (χ0n) is 15.9. The second-order valence-electron chi connectivity index (χ2n) is 7.12. The van der Waals surface area contributed by atoms with Crippen LogP contribution in [0, 0.1) is 5.92 Å². The molecule has 0 amide bonds. The molecule has 0 spiro atoms. The summed E-state index contributed by atoms with van der Waals surface area (Å²) < 4.78 is 0. The molecule has 7 nitrogen and oxygen atoms in total. The predicted molar refractivity (Wildman–Crippen MR) is 108 cm³/mol. The maximum atomic E-state index is 12.4. The van der Waals surface area contributed by atoms with Crippen molar-refractivity contribution in [2.24, 2.45) is 11.1 Å². The molecule has 30 heavy (non-hydrogen) atoms. The Bertz CT molecular complexity index is 1170. The molecule has 150 valence electrons. The first kappa shape index (κ1) is 19.3. The quantitative estimate of drug-likeness (QED) is 0.584. The van der Waals surface area contributed by atoms with Crippen LogP contribution >= 0.6 is 0 Å². The van der Waals surface area contributed by atoms with Crippen LogP contribution in [0.3, 0.4) is 0 Å². The maximum absolute atomic E-state index is 12.4. The molecule has 7 heteroatoms. The molecule has 0 bridgehead atoms. The van der Waals surface area contributed by atoms with Crippen molar-refractivity contribution in [3.8, 4) is 0 Å². The van der Waals surface area contributed by atoms with Gasteiger partial charge in [-0.15, -0.1) is 0 Å². The van der Waals surface area contributed by atoms with E-state index in [1.165, 1.54) is 12.1 Å². The van der Waals surface area contributed by atoms with E-state index in [0.29, 0.717) is 11.1 Å². The summed E-state index contributed by atoms with van der Waals surface area (Å²) in [5.74, 6) is -3.63. The lowest BCUT2D eigenvalue weighted by Crippen LogP contribution is -2.16. The highest BCUT2D eigenvalue weighted by atomic mass is 16.7. The second kappa shape index (κ2) is 7.44. The van der Waals surface area contributed by atoms with Gasteiger partial charge < -0.3 is 15.1 Å². The molecule has 0 saturated heterocycles. The molecule has 2 aromatic carbocycles. The number of aliphatic carboxylic acids is 1. The molecule has 2 N–H and O–H groups in total. The Hall–Kier alpha value is -4.00. The number of oxime groups is 1. The van der Waals surface area contributed by atoms with E-state index in [-0.39, 0.29) is 22.8 Å². The first-order valence-corrected chi connectivity index (χ1v) is 9.26. The third kappa shape index (κ3) is 3.30. The van der Waals surface area contributed by atoms with Crippen molar-refractivity contribution in [3.05, 3.63) is 88.5 Å². The Balaban J connectivity index is 1.78. The highest BCUT2D eigenvalue weighted by molar-refractivity contribution is 6.30. The van der Waals surface area contributed by atoms with Gasteiger partial charge in [0.15, 0.2) is 0 Å². The van der Waals surface area contributed by atoms with Gasteiger partial charge in [0.2, 0.25) is 0 Å². The Labute approximate surface area is 171 Å². The van der Waals surface area contributed by atoms with E-state index in [1.807, 2.05) is 30.3 Å². The molecule has 2 unspecified atom stereocenters. The predicted octanol–water partition coefficient (Wildman–Crippen LogP) is 3.47. The fourth-order valence-corrected chi connectivity index (χ4v) is 3.69. The van der Waals surface area contributed by atoms with Crippen LogP contribution in [0.2, 0.25) is 0 Å². The molecule has 2 aliphatic rings. The number of fused-ring (bicyclic) bond motifs is 1. The van der Waals surface area contributed by atoms with Crippen molar-refractivity contribution in [1.82, 2.24) is 0 Å². The molecule has 0 radical (unpaired) electrons. The van der Waals surface area contributed by atoms with Gasteiger partial charge in [0.1, 0.15) is 5.71 Å². The van der Waals surface area contributed by atoms with Gasteiger partial charge in [0, 0.05) is 11.5 Å². The number of carbonyl (C=O) groups is 3. The smallest absolute Gasteiger partial charge is 0.368 e. The lowest BCUT2D eigenvalue weighted by atomic mass is 9.89. The Morgan fingerprint density at radius 1 is 1.13 bits per heavy atom. The van der Waals surface area contributed by atoms with Crippen LogP contribution in [-0.2, 0) is 14.4 Å². The summed E-state index contributed by atoms with van der Waals surface area (Å²) in [6.07, 6.45) is 3.45. The van der Waals surface area contributed by atoms with Gasteiger partial charge in [-0.05, 0) is 34.9 Å². The number of rotatable bonds is 5. The van der Waals surface area contributed by atoms with E-state index < -0.39 is 23.8 Å². The van der Waals surface area contributed by atoms with Crippen LogP contribution in [0.5, 0.6) is 0 Å². The minimum Gasteiger partial charge on any atom is -0.481 e. The van der Waals surface area contributed by atoms with Gasteiger partial charge in [0.05, 0.1) is 17.1 Å². The SMILES string of the molecule is CC(C(=O)O)C1C=C(C=C2C(=O)ON=C2c2cccc(C(=O)O)c2)c2ccccc21. The number of benzene rings is 2. The number of hydrogen-bond donors (Lipinski definition) is 2. The fraction of sp³-hybridized carbons (Fsp3) is 0.130. The number of aromatic carboxylic acids is 1. The van der Waals surface area contributed by atoms with E-state index in [4.69, 9.17) is 4.84 Å². The Kier molecular flexibility index (Phi) is 4.79. The first-order chi connectivity index (χ1) is 14.4. The third-order valence-corrected chi connectivity index (χ3v) is 5.30. The molecular weight excluding hydrogens is 386 g/mol. The van der Waals surface area contributed by atoms with E-state index in [9.17, 15) is 24.6 Å². The van der Waals surface area contributed by atoms with E-state index in [1.54, 1.807) is 25.1 Å². The topological polar surface area (TPSA) is 113 Å². The number of carbonyl (C=O) groups excluding carboxylic acids is 1. The molecule has 2 aromatic rings. The maximum Gasteiger partial charge on any atom is 0.368 e. The average Bonchev–Trinajstić information content (AvgIpc) is 3.29. The van der Waals surface area contributed by atoms with Crippen molar-refractivity contribution >= 4 is 29.2 Å². The summed E-state index contributed by atoms with van der Waals surface area (Å²) in [6, 6.07) is 13.5. The van der Waals surface area contributed by atoms with Crippen LogP contribution < -0.4 is 0 Å². The van der Waals surface area contributed by atoms with Crippen LogP contribution in [0.1, 0.15) is 39.9 Å². The molecule has 1 heterocycles. The van der Waals surface area contributed by atoms with Crippen molar-refractivity contribution < 1.29 is 29.4 Å². The molecule has 0 fully saturated rings. The van der Waals surface area contributed by atoms with Gasteiger partial charge in [-0.1, -0.05) is 54.6 Å². The number of nitrogens with zero attached hydrogens (tertiary/aromatic N) is 1. The fourth-order valence-electron chi connectivity index (χ4n) is 3.69. The molecule has 0 saturated carbocycles. The zero-order valence-corrected chi connectivity index (χ0v) is 15.9. The molecular formula is C23H17NO6. The lowest BCUT2D eigenvalue weighted by molar-refractivity contribution is -0.141. The van der Waals surface area contributed by atoms with Crippen molar-refractivity contribution in [2.45, 2.75) is 12.8 Å². The third-order valence-electron chi connectivity index (χ3n) is 5.30. The van der Waals surface area contributed by atoms with Gasteiger partial charge in [0.25, 0.3) is 0 Å². The summed E-state index contributed by atoms with van der Waals surface area (Å²) in [7, 11) is 0. The number of allylic oxidation sites excluding steroid dienone is 3. The minimum atomic E-state index is -1.09. The summed E-state index contributed by atoms with van der Waals surface area (Å²) in [6.45, 7) is 1.64. The number of hydrogen-bond acceptors (Lipinski definition) is 5. The van der Waals surface area contributed by atoms with Crippen LogP contribution in [0.25, 0.3) is 5.57 Å². The molecule has 4 rings (SSSR count). The lowest BCUT2D eigenvalue weighted by Gasteiger charge is -2.14. The van der Waals surface area contributed by atoms with E-state index >= 15 is 0 Å². The van der Waals surface area contributed by atoms with Gasteiger partial charge in [-0.3, -0.25) is 4.79 Å². The Morgan fingerprint density at radius 2 is 1.90 bits per heavy atom. The average molecular weight is 403 g/mol. The number of carboxylic acid groups (broad SMARTS) is 2. The van der Waals surface area contributed by atoms with Gasteiger partial charge >= 0.3 is 17.9 Å². The first-order valence-electron chi connectivity index (χ1n) is 9.26. The summed E-state index contributed by atoms with van der Waals surface area (Å²) in [4.78, 5) is 40.0. The molecule has 0 aromatic heterocycles. The van der Waals surface area contributed by atoms with Gasteiger partial charge in [-0.2, -0.15) is 0 Å². The Morgan fingerprint density at radius 3 is 2.63 bits per heavy atom. The monoisotopic (exact) mass is 403 g/mol. The largest absolute Gasteiger partial charge is 0.481 e. The van der Waals surface area contributed by atoms with Crippen LogP contribution in [0.15, 0.2) is 71.4 Å². The van der Waals surface area contributed by atoms with Crippen LogP contribution in [-0.4, -0.2) is 33.8 Å². The highest BCUT2D eigenvalue weighted by Crippen LogP contribution is 2.41. The van der Waals surface area contributed by atoms with Gasteiger partial charge in [-0.25, -0.2) is 9.59 Å². The van der Waals surface area contributed by atoms with E-state index in [2.05, 4.69) is 5.16 Å². The summed E-state index contributed by atoms with van der Waals surface area (Å²) in [5.41, 5.74) is 3.32. The van der Waals surface area contributed by atoms with Crippen molar-refractivity contribution in [2.75, 3.05) is 0 Å². The van der Waals surface area contributed by atoms with E-state index in [0.717, 1.165) is 11.1 Å². The normalized spacial score (nSPS) is 19.7. The zero-order chi connectivity index (χ0) is 21.4. The summed E-state index contributed by atoms with van der Waals surface area (Å²) >= 11 is 0. The molecule has 1 aliphatic heterocycles. The van der Waals surface area contributed by atoms with Crippen LogP contribution in [0.4, 0.5) is 0 Å². The highest BCUT2D eigenvalue weighted by Gasteiger charge is 2.33. The summed E-state index contributed by atoms with van der Waals surface area (Å²) in [5, 5.41) is 22.5. The minimum absolute atomic E-state index is 0.0645. The molecule has 1 aliphatic carbocycles. The molecule has 2 atom stereocenters. The second-order valence-corrected chi connectivity index (χ2v) is 7.12. The number of carboxylic acids is 2. The standard InChI is InChI=1S/C23H17NO6/c1-12(21(25)26)18-10-15(16-7-2-3-8-17(16)18)11-19-20(24-30-23(19)29)13-5-4-6-14(9-13)22(27)28/h2-12,18H,1H3,(H,25,26)(H,27,28). The van der Waals surface area contributed by atoms with Crippen molar-refractivity contribution in [1.29, 1.82) is 0 Å².